The molecule has 2 heterocycles. The minimum atomic E-state index is -0.482. The maximum atomic E-state index is 11.8. The molecule has 0 bridgehead atoms. The standard InChI is InChI=1S/C24H19N5O/c1-16-8-6-7-11-22(16)29-15-19(23(28-29)18-9-4-3-5-10-18)12-13-21-17(2)20(14-25)24(30)27-26-21/h3-13,15H,1-2H3,(H,27,30)/b13-12+. The topological polar surface area (TPSA) is 87.4 Å². The lowest BCUT2D eigenvalue weighted by Gasteiger charge is -2.04. The maximum Gasteiger partial charge on any atom is 0.282 e. The first-order chi connectivity index (χ1) is 14.6. The van der Waals surface area contributed by atoms with E-state index < -0.39 is 5.56 Å². The van der Waals surface area contributed by atoms with Gasteiger partial charge >= 0.3 is 0 Å². The van der Waals surface area contributed by atoms with Crippen molar-refractivity contribution in [3.8, 4) is 23.0 Å². The van der Waals surface area contributed by atoms with E-state index in [9.17, 15) is 10.1 Å². The average molecular weight is 393 g/mol. The summed E-state index contributed by atoms with van der Waals surface area (Å²) in [4.78, 5) is 11.8. The predicted octanol–water partition coefficient (Wildman–Crippen LogP) is 4.28. The van der Waals surface area contributed by atoms with Crippen LogP contribution in [0.3, 0.4) is 0 Å². The molecule has 0 saturated carbocycles. The number of H-pyrrole nitrogens is 1. The van der Waals surface area contributed by atoms with Crippen LogP contribution in [0.25, 0.3) is 29.1 Å². The van der Waals surface area contributed by atoms with Crippen molar-refractivity contribution in [1.29, 1.82) is 5.26 Å². The SMILES string of the molecule is Cc1ccccc1-n1cc(/C=C/c2n[nH]c(=O)c(C#N)c2C)c(-c2ccccc2)n1. The van der Waals surface area contributed by atoms with Crippen LogP contribution in [-0.2, 0) is 0 Å². The number of hydrogen-bond donors (Lipinski definition) is 1. The minimum Gasteiger partial charge on any atom is -0.267 e. The van der Waals surface area contributed by atoms with Gasteiger partial charge in [-0.1, -0.05) is 48.5 Å². The van der Waals surface area contributed by atoms with Gasteiger partial charge in [-0.05, 0) is 43.2 Å². The molecule has 30 heavy (non-hydrogen) atoms. The van der Waals surface area contributed by atoms with E-state index in [1.54, 1.807) is 13.0 Å². The number of nitrogens with one attached hydrogen (secondary N) is 1. The van der Waals surface area contributed by atoms with Crippen molar-refractivity contribution in [2.75, 3.05) is 0 Å². The van der Waals surface area contributed by atoms with Crippen LogP contribution in [-0.4, -0.2) is 20.0 Å². The molecule has 0 fully saturated rings. The zero-order chi connectivity index (χ0) is 21.1. The Bertz CT molecular complexity index is 1340. The summed E-state index contributed by atoms with van der Waals surface area (Å²) in [6, 6.07) is 19.9. The van der Waals surface area contributed by atoms with Crippen molar-refractivity contribution in [2.24, 2.45) is 0 Å². The van der Waals surface area contributed by atoms with Crippen LogP contribution in [0.2, 0.25) is 0 Å². The van der Waals surface area contributed by atoms with Crippen LogP contribution in [0.4, 0.5) is 0 Å². The molecule has 6 heteroatoms. The molecule has 0 amide bonds. The van der Waals surface area contributed by atoms with E-state index >= 15 is 0 Å². The minimum absolute atomic E-state index is 0.0727. The Morgan fingerprint density at radius 2 is 1.77 bits per heavy atom. The van der Waals surface area contributed by atoms with E-state index in [4.69, 9.17) is 5.10 Å². The third-order valence-corrected chi connectivity index (χ3v) is 4.95. The molecule has 0 unspecified atom stereocenters. The normalized spacial score (nSPS) is 11.0. The molecule has 4 aromatic rings. The maximum absolute atomic E-state index is 11.8. The van der Waals surface area contributed by atoms with Gasteiger partial charge in [-0.2, -0.15) is 15.5 Å². The van der Waals surface area contributed by atoms with Crippen molar-refractivity contribution in [3.63, 3.8) is 0 Å². The second-order valence-corrected chi connectivity index (χ2v) is 6.91. The Morgan fingerprint density at radius 1 is 1.03 bits per heavy atom. The fraction of sp³-hybridized carbons (Fsp3) is 0.0833. The van der Waals surface area contributed by atoms with Gasteiger partial charge in [0, 0.05) is 17.3 Å². The summed E-state index contributed by atoms with van der Waals surface area (Å²) in [5.41, 5.74) is 5.51. The van der Waals surface area contributed by atoms with Crippen LogP contribution in [0.5, 0.6) is 0 Å². The largest absolute Gasteiger partial charge is 0.282 e. The smallest absolute Gasteiger partial charge is 0.267 e. The summed E-state index contributed by atoms with van der Waals surface area (Å²) in [6.45, 7) is 3.76. The zero-order valence-corrected chi connectivity index (χ0v) is 16.6. The molecular formula is C24H19N5O. The summed E-state index contributed by atoms with van der Waals surface area (Å²) in [5, 5.41) is 20.5. The van der Waals surface area contributed by atoms with Gasteiger partial charge in [0.2, 0.25) is 0 Å². The molecule has 2 aromatic heterocycles. The van der Waals surface area contributed by atoms with E-state index in [2.05, 4.69) is 10.2 Å². The molecule has 1 N–H and O–H groups in total. The number of para-hydroxylation sites is 1. The van der Waals surface area contributed by atoms with Gasteiger partial charge in [-0.3, -0.25) is 4.79 Å². The van der Waals surface area contributed by atoms with E-state index in [1.807, 2.05) is 84.5 Å². The lowest BCUT2D eigenvalue weighted by molar-refractivity contribution is 0.876. The van der Waals surface area contributed by atoms with E-state index in [-0.39, 0.29) is 5.56 Å². The highest BCUT2D eigenvalue weighted by Gasteiger charge is 2.12. The summed E-state index contributed by atoms with van der Waals surface area (Å²) >= 11 is 0. The highest BCUT2D eigenvalue weighted by atomic mass is 16.1. The van der Waals surface area contributed by atoms with Gasteiger partial charge in [-0.15, -0.1) is 0 Å². The summed E-state index contributed by atoms with van der Waals surface area (Å²) in [6.07, 6.45) is 5.66. The van der Waals surface area contributed by atoms with Gasteiger partial charge < -0.3 is 0 Å². The number of nitriles is 1. The lowest BCUT2D eigenvalue weighted by Crippen LogP contribution is -2.15. The highest BCUT2D eigenvalue weighted by Crippen LogP contribution is 2.26. The molecule has 0 aliphatic heterocycles. The number of aromatic amines is 1. The molecule has 4 rings (SSSR count). The number of nitrogens with zero attached hydrogens (tertiary/aromatic N) is 4. The van der Waals surface area contributed by atoms with Gasteiger partial charge in [0.15, 0.2) is 0 Å². The number of aryl methyl sites for hydroxylation is 1. The second-order valence-electron chi connectivity index (χ2n) is 6.91. The van der Waals surface area contributed by atoms with Crippen molar-refractivity contribution < 1.29 is 0 Å². The van der Waals surface area contributed by atoms with Gasteiger partial charge in [0.1, 0.15) is 11.6 Å². The van der Waals surface area contributed by atoms with Crippen LogP contribution in [0.1, 0.15) is 27.9 Å². The fourth-order valence-electron chi connectivity index (χ4n) is 3.29. The monoisotopic (exact) mass is 393 g/mol. The lowest BCUT2D eigenvalue weighted by atomic mass is 10.1. The number of aromatic nitrogens is 4. The van der Waals surface area contributed by atoms with Crippen molar-refractivity contribution in [3.05, 3.63) is 99.1 Å². The van der Waals surface area contributed by atoms with Crippen LogP contribution in [0, 0.1) is 25.2 Å². The summed E-state index contributed by atoms with van der Waals surface area (Å²) in [5.74, 6) is 0. The number of benzene rings is 2. The van der Waals surface area contributed by atoms with Gasteiger partial charge in [-0.25, -0.2) is 9.78 Å². The Morgan fingerprint density at radius 3 is 2.50 bits per heavy atom. The average Bonchev–Trinajstić information content (AvgIpc) is 3.18. The molecule has 2 aromatic carbocycles. The van der Waals surface area contributed by atoms with Crippen molar-refractivity contribution in [1.82, 2.24) is 20.0 Å². The third-order valence-electron chi connectivity index (χ3n) is 4.95. The van der Waals surface area contributed by atoms with Crippen LogP contribution >= 0.6 is 0 Å². The molecule has 0 aliphatic carbocycles. The third kappa shape index (κ3) is 3.56. The van der Waals surface area contributed by atoms with Gasteiger partial charge in [0.05, 0.1) is 17.1 Å². The van der Waals surface area contributed by atoms with E-state index in [0.717, 1.165) is 28.1 Å². The molecule has 6 nitrogen and oxygen atoms in total. The second kappa shape index (κ2) is 8.02. The molecule has 0 aliphatic rings. The first-order valence-electron chi connectivity index (χ1n) is 9.47. The number of hydrogen-bond acceptors (Lipinski definition) is 4. The van der Waals surface area contributed by atoms with Crippen LogP contribution in [0.15, 0.2) is 65.6 Å². The Labute approximate surface area is 173 Å². The zero-order valence-electron chi connectivity index (χ0n) is 16.6. The predicted molar refractivity (Wildman–Crippen MR) is 117 cm³/mol. The quantitative estimate of drug-likeness (QED) is 0.560. The van der Waals surface area contributed by atoms with E-state index in [0.29, 0.717) is 11.3 Å². The fourth-order valence-corrected chi connectivity index (χ4v) is 3.29. The first-order valence-corrected chi connectivity index (χ1v) is 9.47. The van der Waals surface area contributed by atoms with Crippen LogP contribution < -0.4 is 5.56 Å². The van der Waals surface area contributed by atoms with Crippen molar-refractivity contribution >= 4 is 12.2 Å². The molecule has 0 atom stereocenters. The van der Waals surface area contributed by atoms with Crippen molar-refractivity contribution in [2.45, 2.75) is 13.8 Å². The first kappa shape index (κ1) is 19.1. The highest BCUT2D eigenvalue weighted by molar-refractivity contribution is 5.79. The molecule has 0 saturated heterocycles. The van der Waals surface area contributed by atoms with E-state index in [1.165, 1.54) is 0 Å². The molecular weight excluding hydrogens is 374 g/mol. The molecule has 0 spiro atoms. The molecule has 0 radical (unpaired) electrons. The van der Waals surface area contributed by atoms with Gasteiger partial charge in [0.25, 0.3) is 5.56 Å². The Hall–Kier alpha value is -4.24. The number of rotatable bonds is 4. The Kier molecular flexibility index (Phi) is 5.10. The molecule has 146 valence electrons. The summed E-state index contributed by atoms with van der Waals surface area (Å²) in [7, 11) is 0. The Balaban J connectivity index is 1.83. The summed E-state index contributed by atoms with van der Waals surface area (Å²) < 4.78 is 1.87.